The molecule has 0 spiro atoms. The van der Waals surface area contributed by atoms with Gasteiger partial charge < -0.3 is 5.11 Å². The van der Waals surface area contributed by atoms with Gasteiger partial charge in [0.2, 0.25) is 0 Å². The molecule has 0 aliphatic carbocycles. The van der Waals surface area contributed by atoms with E-state index in [0.29, 0.717) is 17.0 Å². The highest BCUT2D eigenvalue weighted by atomic mass is 16.3. The Morgan fingerprint density at radius 3 is 1.90 bits per heavy atom. The summed E-state index contributed by atoms with van der Waals surface area (Å²) in [5.74, 6) is 0.146. The fourth-order valence-corrected chi connectivity index (χ4v) is 2.36. The number of hydrogen-bond donors (Lipinski definition) is 1. The number of carbonyl (C=O) groups excluding carboxylic acids is 1. The van der Waals surface area contributed by atoms with Gasteiger partial charge in [-0.3, -0.25) is 4.79 Å². The van der Waals surface area contributed by atoms with E-state index in [0.717, 1.165) is 0 Å². The molecule has 1 N–H and O–H groups in total. The van der Waals surface area contributed by atoms with Crippen molar-refractivity contribution in [1.82, 2.24) is 0 Å². The van der Waals surface area contributed by atoms with Crippen LogP contribution in [0.2, 0.25) is 0 Å². The molecule has 0 bridgehead atoms. The summed E-state index contributed by atoms with van der Waals surface area (Å²) < 4.78 is 0. The molecule has 20 heavy (non-hydrogen) atoms. The standard InChI is InChI=1S/C18H20O2/c1-13(2)15-9-11-17(12-10-15)18(20,14(3)19)16-7-5-4-6-8-16/h4-13,20H,1-3H3. The Kier molecular flexibility index (Phi) is 4.05. The zero-order valence-corrected chi connectivity index (χ0v) is 12.1. The monoisotopic (exact) mass is 268 g/mol. The van der Waals surface area contributed by atoms with Crippen molar-refractivity contribution < 1.29 is 9.90 Å². The summed E-state index contributed by atoms with van der Waals surface area (Å²) in [7, 11) is 0. The molecule has 2 aromatic rings. The SMILES string of the molecule is CC(=O)C(O)(c1ccccc1)c1ccc(C(C)C)cc1. The molecule has 104 valence electrons. The lowest BCUT2D eigenvalue weighted by Gasteiger charge is -2.26. The molecule has 0 aliphatic rings. The van der Waals surface area contributed by atoms with E-state index >= 15 is 0 Å². The quantitative estimate of drug-likeness (QED) is 0.919. The molecule has 1 unspecified atom stereocenters. The van der Waals surface area contributed by atoms with Gasteiger partial charge in [-0.05, 0) is 29.5 Å². The van der Waals surface area contributed by atoms with Gasteiger partial charge in [0.1, 0.15) is 0 Å². The van der Waals surface area contributed by atoms with E-state index in [1.54, 1.807) is 12.1 Å². The molecule has 0 fully saturated rings. The number of hydrogen-bond acceptors (Lipinski definition) is 2. The average Bonchev–Trinajstić information content (AvgIpc) is 2.47. The molecular formula is C18H20O2. The van der Waals surface area contributed by atoms with Crippen molar-refractivity contribution in [2.45, 2.75) is 32.3 Å². The Bertz CT molecular complexity index is 585. The van der Waals surface area contributed by atoms with Crippen LogP contribution in [0.25, 0.3) is 0 Å². The van der Waals surface area contributed by atoms with Crippen molar-refractivity contribution in [2.24, 2.45) is 0 Å². The van der Waals surface area contributed by atoms with E-state index in [9.17, 15) is 9.90 Å². The third-order valence-electron chi connectivity index (χ3n) is 3.70. The maximum atomic E-state index is 12.0. The van der Waals surface area contributed by atoms with Crippen molar-refractivity contribution in [3.05, 3.63) is 71.3 Å². The van der Waals surface area contributed by atoms with Gasteiger partial charge in [-0.15, -0.1) is 0 Å². The van der Waals surface area contributed by atoms with Crippen molar-refractivity contribution >= 4 is 5.78 Å². The molecule has 1 atom stereocenters. The Morgan fingerprint density at radius 2 is 1.45 bits per heavy atom. The van der Waals surface area contributed by atoms with E-state index in [1.807, 2.05) is 42.5 Å². The predicted octanol–water partition coefficient (Wildman–Crippen LogP) is 3.63. The number of rotatable bonds is 4. The number of ketones is 1. The summed E-state index contributed by atoms with van der Waals surface area (Å²) in [4.78, 5) is 12.0. The van der Waals surface area contributed by atoms with Crippen LogP contribution in [0.15, 0.2) is 54.6 Å². The van der Waals surface area contributed by atoms with Crippen LogP contribution >= 0.6 is 0 Å². The van der Waals surface area contributed by atoms with Crippen molar-refractivity contribution in [3.63, 3.8) is 0 Å². The molecule has 2 rings (SSSR count). The maximum Gasteiger partial charge on any atom is 0.173 e. The fourth-order valence-electron chi connectivity index (χ4n) is 2.36. The first-order chi connectivity index (χ1) is 9.46. The molecule has 0 aromatic heterocycles. The Morgan fingerprint density at radius 1 is 0.950 bits per heavy atom. The Labute approximate surface area is 120 Å². The predicted molar refractivity (Wildman–Crippen MR) is 80.7 cm³/mol. The smallest absolute Gasteiger partial charge is 0.173 e. The Hall–Kier alpha value is -1.93. The summed E-state index contributed by atoms with van der Waals surface area (Å²) >= 11 is 0. The maximum absolute atomic E-state index is 12.0. The third-order valence-corrected chi connectivity index (χ3v) is 3.70. The first-order valence-corrected chi connectivity index (χ1v) is 6.85. The van der Waals surface area contributed by atoms with Gasteiger partial charge in [0, 0.05) is 0 Å². The van der Waals surface area contributed by atoms with Gasteiger partial charge in [-0.1, -0.05) is 68.4 Å². The normalized spacial score (nSPS) is 14.1. The van der Waals surface area contributed by atoms with Gasteiger partial charge in [0.25, 0.3) is 0 Å². The summed E-state index contributed by atoms with van der Waals surface area (Å²) in [5.41, 5.74) is 0.828. The lowest BCUT2D eigenvalue weighted by atomic mass is 9.82. The highest BCUT2D eigenvalue weighted by molar-refractivity contribution is 5.89. The van der Waals surface area contributed by atoms with Crippen LogP contribution in [-0.4, -0.2) is 10.9 Å². The summed E-state index contributed by atoms with van der Waals surface area (Å²) in [6.07, 6.45) is 0. The molecule has 0 saturated carbocycles. The van der Waals surface area contributed by atoms with Crippen molar-refractivity contribution in [2.75, 3.05) is 0 Å². The summed E-state index contributed by atoms with van der Waals surface area (Å²) in [6, 6.07) is 16.7. The van der Waals surface area contributed by atoms with Crippen LogP contribution < -0.4 is 0 Å². The minimum absolute atomic E-state index is 0.277. The topological polar surface area (TPSA) is 37.3 Å². The number of Topliss-reactive ketones (excluding diaryl/α,β-unsaturated/α-hetero) is 1. The second-order valence-corrected chi connectivity index (χ2v) is 5.41. The van der Waals surface area contributed by atoms with Crippen LogP contribution in [0, 0.1) is 0 Å². The van der Waals surface area contributed by atoms with Crippen LogP contribution in [0.4, 0.5) is 0 Å². The molecule has 0 radical (unpaired) electrons. The van der Waals surface area contributed by atoms with Crippen LogP contribution in [-0.2, 0) is 10.4 Å². The first-order valence-electron chi connectivity index (χ1n) is 6.85. The largest absolute Gasteiger partial charge is 0.373 e. The molecule has 2 heteroatoms. The van der Waals surface area contributed by atoms with Gasteiger partial charge >= 0.3 is 0 Å². The zero-order valence-electron chi connectivity index (χ0n) is 12.1. The van der Waals surface area contributed by atoms with E-state index in [1.165, 1.54) is 12.5 Å². The summed E-state index contributed by atoms with van der Waals surface area (Å²) in [6.45, 7) is 5.65. The number of aliphatic hydroxyl groups is 1. The highest BCUT2D eigenvalue weighted by Crippen LogP contribution is 2.31. The van der Waals surface area contributed by atoms with Gasteiger partial charge in [0.15, 0.2) is 11.4 Å². The molecule has 2 aromatic carbocycles. The highest BCUT2D eigenvalue weighted by Gasteiger charge is 2.36. The first kappa shape index (κ1) is 14.5. The number of benzene rings is 2. The van der Waals surface area contributed by atoms with Gasteiger partial charge in [-0.25, -0.2) is 0 Å². The Balaban J connectivity index is 2.51. The average molecular weight is 268 g/mol. The molecule has 2 nitrogen and oxygen atoms in total. The van der Waals surface area contributed by atoms with Gasteiger partial charge in [-0.2, -0.15) is 0 Å². The van der Waals surface area contributed by atoms with Crippen LogP contribution in [0.3, 0.4) is 0 Å². The molecule has 0 aliphatic heterocycles. The second kappa shape index (κ2) is 5.59. The fraction of sp³-hybridized carbons (Fsp3) is 0.278. The van der Waals surface area contributed by atoms with E-state index < -0.39 is 5.60 Å². The van der Waals surface area contributed by atoms with Gasteiger partial charge in [0.05, 0.1) is 0 Å². The molecule has 0 heterocycles. The van der Waals surface area contributed by atoms with E-state index in [-0.39, 0.29) is 5.78 Å². The third kappa shape index (κ3) is 2.52. The zero-order chi connectivity index (χ0) is 14.8. The molecule has 0 saturated heterocycles. The lowest BCUT2D eigenvalue weighted by molar-refractivity contribution is -0.131. The lowest BCUT2D eigenvalue weighted by Crippen LogP contribution is -2.35. The van der Waals surface area contributed by atoms with Crippen molar-refractivity contribution in [1.29, 1.82) is 0 Å². The number of carbonyl (C=O) groups is 1. The summed E-state index contributed by atoms with van der Waals surface area (Å²) in [5, 5.41) is 10.9. The molecular weight excluding hydrogens is 248 g/mol. The van der Waals surface area contributed by atoms with E-state index in [4.69, 9.17) is 0 Å². The second-order valence-electron chi connectivity index (χ2n) is 5.41. The van der Waals surface area contributed by atoms with Crippen LogP contribution in [0.5, 0.6) is 0 Å². The molecule has 0 amide bonds. The van der Waals surface area contributed by atoms with Crippen molar-refractivity contribution in [3.8, 4) is 0 Å². The minimum atomic E-state index is -1.57. The minimum Gasteiger partial charge on any atom is -0.373 e. The van der Waals surface area contributed by atoms with Crippen LogP contribution in [0.1, 0.15) is 43.4 Å². The van der Waals surface area contributed by atoms with E-state index in [2.05, 4.69) is 13.8 Å².